The van der Waals surface area contributed by atoms with E-state index < -0.39 is 0 Å². The predicted molar refractivity (Wildman–Crippen MR) is 102 cm³/mol. The highest BCUT2D eigenvalue weighted by molar-refractivity contribution is 5.92. The second-order valence-electron chi connectivity index (χ2n) is 6.72. The molecule has 0 bridgehead atoms. The summed E-state index contributed by atoms with van der Waals surface area (Å²) >= 11 is 0. The number of pyridine rings is 2. The normalized spacial score (nSPS) is 16.8. The molecule has 4 rings (SSSR count). The molecule has 1 saturated heterocycles. The molecule has 6 heteroatoms. The quantitative estimate of drug-likeness (QED) is 0.699. The Morgan fingerprint density at radius 1 is 1.07 bits per heavy atom. The van der Waals surface area contributed by atoms with Crippen molar-refractivity contribution >= 4 is 5.91 Å². The molecule has 1 aliphatic rings. The molecule has 0 saturated carbocycles. The Morgan fingerprint density at radius 3 is 2.61 bits per heavy atom. The number of halogens is 1. The van der Waals surface area contributed by atoms with Gasteiger partial charge in [0.15, 0.2) is 0 Å². The summed E-state index contributed by atoms with van der Waals surface area (Å²) in [6, 6.07) is 15.7. The Morgan fingerprint density at radius 2 is 1.89 bits per heavy atom. The monoisotopic (exact) mass is 377 g/mol. The van der Waals surface area contributed by atoms with E-state index in [1.54, 1.807) is 41.4 Å². The first-order valence-electron chi connectivity index (χ1n) is 9.20. The lowest BCUT2D eigenvalue weighted by Gasteiger charge is -2.32. The van der Waals surface area contributed by atoms with E-state index in [0.717, 1.165) is 16.8 Å². The standard InChI is InChI=1S/C22H20FN3O2/c23-18-7-4-16(5-8-18)13-17-6-9-19(25-14-17)21-15-26(11-12-28-21)22(27)20-3-1-2-10-24-20/h1-10,14,21H,11-13,15H2. The third kappa shape index (κ3) is 4.23. The molecular weight excluding hydrogens is 357 g/mol. The summed E-state index contributed by atoms with van der Waals surface area (Å²) in [6.45, 7) is 1.44. The van der Waals surface area contributed by atoms with Crippen LogP contribution in [0.15, 0.2) is 67.0 Å². The van der Waals surface area contributed by atoms with E-state index in [0.29, 0.717) is 31.8 Å². The molecule has 2 aromatic heterocycles. The number of morpholine rings is 1. The molecule has 28 heavy (non-hydrogen) atoms. The van der Waals surface area contributed by atoms with Crippen LogP contribution >= 0.6 is 0 Å². The smallest absolute Gasteiger partial charge is 0.272 e. The zero-order valence-corrected chi connectivity index (χ0v) is 15.3. The molecule has 1 fully saturated rings. The van der Waals surface area contributed by atoms with Crippen LogP contribution in [0, 0.1) is 5.82 Å². The van der Waals surface area contributed by atoms with Gasteiger partial charge < -0.3 is 9.64 Å². The second-order valence-corrected chi connectivity index (χ2v) is 6.72. The van der Waals surface area contributed by atoms with Gasteiger partial charge in [0, 0.05) is 18.9 Å². The fourth-order valence-electron chi connectivity index (χ4n) is 3.23. The molecule has 1 amide bonds. The number of ether oxygens (including phenoxy) is 1. The van der Waals surface area contributed by atoms with Crippen molar-refractivity contribution in [3.63, 3.8) is 0 Å². The van der Waals surface area contributed by atoms with Gasteiger partial charge in [0.05, 0.1) is 18.8 Å². The number of rotatable bonds is 4. The summed E-state index contributed by atoms with van der Waals surface area (Å²) in [6.07, 6.45) is 3.85. The van der Waals surface area contributed by atoms with Crippen molar-refractivity contribution in [2.24, 2.45) is 0 Å². The number of carbonyl (C=O) groups excluding carboxylic acids is 1. The summed E-state index contributed by atoms with van der Waals surface area (Å²) < 4.78 is 18.9. The number of aromatic nitrogens is 2. The zero-order chi connectivity index (χ0) is 19.3. The van der Waals surface area contributed by atoms with Gasteiger partial charge in [0.1, 0.15) is 17.6 Å². The molecule has 5 nitrogen and oxygen atoms in total. The average molecular weight is 377 g/mol. The van der Waals surface area contributed by atoms with Crippen LogP contribution in [0.4, 0.5) is 4.39 Å². The molecule has 0 aliphatic carbocycles. The second kappa shape index (κ2) is 8.27. The van der Waals surface area contributed by atoms with Gasteiger partial charge in [-0.3, -0.25) is 14.8 Å². The van der Waals surface area contributed by atoms with Crippen LogP contribution in [0.25, 0.3) is 0 Å². The van der Waals surface area contributed by atoms with Gasteiger partial charge >= 0.3 is 0 Å². The summed E-state index contributed by atoms with van der Waals surface area (Å²) in [4.78, 5) is 23.0. The fourth-order valence-corrected chi connectivity index (χ4v) is 3.23. The molecule has 0 N–H and O–H groups in total. The minimum atomic E-state index is -0.263. The summed E-state index contributed by atoms with van der Waals surface area (Å²) in [7, 11) is 0. The Bertz CT molecular complexity index is 930. The average Bonchev–Trinajstić information content (AvgIpc) is 2.76. The number of nitrogens with zero attached hydrogens (tertiary/aromatic N) is 3. The maximum Gasteiger partial charge on any atom is 0.272 e. The van der Waals surface area contributed by atoms with Gasteiger partial charge in [-0.1, -0.05) is 24.3 Å². The zero-order valence-electron chi connectivity index (χ0n) is 15.3. The van der Waals surface area contributed by atoms with Gasteiger partial charge in [0.2, 0.25) is 0 Å². The van der Waals surface area contributed by atoms with E-state index in [2.05, 4.69) is 9.97 Å². The largest absolute Gasteiger partial charge is 0.368 e. The Hall–Kier alpha value is -3.12. The van der Waals surface area contributed by atoms with E-state index >= 15 is 0 Å². The number of benzene rings is 1. The number of amides is 1. The Balaban J connectivity index is 1.42. The number of hydrogen-bond acceptors (Lipinski definition) is 4. The molecule has 1 aliphatic heterocycles. The van der Waals surface area contributed by atoms with Gasteiger partial charge in [-0.15, -0.1) is 0 Å². The molecular formula is C22H20FN3O2. The molecule has 1 unspecified atom stereocenters. The summed E-state index contributed by atoms with van der Waals surface area (Å²) in [5, 5.41) is 0. The summed E-state index contributed by atoms with van der Waals surface area (Å²) in [5.74, 6) is -0.335. The predicted octanol–water partition coefficient (Wildman–Crippen LogP) is 3.42. The van der Waals surface area contributed by atoms with E-state index in [1.165, 1.54) is 12.1 Å². The van der Waals surface area contributed by atoms with Crippen LogP contribution in [0.3, 0.4) is 0 Å². The highest BCUT2D eigenvalue weighted by Gasteiger charge is 2.27. The highest BCUT2D eigenvalue weighted by atomic mass is 19.1. The van der Waals surface area contributed by atoms with Crippen LogP contribution in [-0.2, 0) is 11.2 Å². The minimum Gasteiger partial charge on any atom is -0.368 e. The first-order chi connectivity index (χ1) is 13.7. The van der Waals surface area contributed by atoms with E-state index in [-0.39, 0.29) is 17.8 Å². The van der Waals surface area contributed by atoms with Gasteiger partial charge in [-0.2, -0.15) is 0 Å². The molecule has 1 atom stereocenters. The highest BCUT2D eigenvalue weighted by Crippen LogP contribution is 2.22. The Labute approximate surface area is 162 Å². The van der Waals surface area contributed by atoms with E-state index in [9.17, 15) is 9.18 Å². The van der Waals surface area contributed by atoms with Crippen LogP contribution in [0.1, 0.15) is 33.4 Å². The third-order valence-electron chi connectivity index (χ3n) is 4.74. The molecule has 0 spiro atoms. The van der Waals surface area contributed by atoms with E-state index in [1.807, 2.05) is 18.3 Å². The van der Waals surface area contributed by atoms with Gasteiger partial charge in [-0.05, 0) is 47.9 Å². The maximum atomic E-state index is 13.0. The van der Waals surface area contributed by atoms with Crippen molar-refractivity contribution in [2.45, 2.75) is 12.5 Å². The molecule has 1 aromatic carbocycles. The lowest BCUT2D eigenvalue weighted by molar-refractivity contribution is -0.0249. The first kappa shape index (κ1) is 18.3. The molecule has 0 radical (unpaired) electrons. The van der Waals surface area contributed by atoms with Crippen LogP contribution in [0.5, 0.6) is 0 Å². The van der Waals surface area contributed by atoms with Crippen molar-refractivity contribution in [1.29, 1.82) is 0 Å². The molecule has 142 valence electrons. The maximum absolute atomic E-state index is 13.0. The number of hydrogen-bond donors (Lipinski definition) is 0. The van der Waals surface area contributed by atoms with Crippen LogP contribution in [0.2, 0.25) is 0 Å². The Kier molecular flexibility index (Phi) is 5.39. The third-order valence-corrected chi connectivity index (χ3v) is 4.74. The lowest BCUT2D eigenvalue weighted by Crippen LogP contribution is -2.42. The van der Waals surface area contributed by atoms with Crippen molar-refractivity contribution in [1.82, 2.24) is 14.9 Å². The van der Waals surface area contributed by atoms with Crippen molar-refractivity contribution in [3.05, 3.63) is 95.3 Å². The minimum absolute atomic E-state index is 0.0955. The SMILES string of the molecule is O=C(c1ccccn1)N1CCOC(c2ccc(Cc3ccc(F)cc3)cn2)C1. The van der Waals surface area contributed by atoms with Crippen molar-refractivity contribution in [2.75, 3.05) is 19.7 Å². The topological polar surface area (TPSA) is 55.3 Å². The fraction of sp³-hybridized carbons (Fsp3) is 0.227. The molecule has 3 heterocycles. The van der Waals surface area contributed by atoms with Crippen molar-refractivity contribution < 1.29 is 13.9 Å². The van der Waals surface area contributed by atoms with E-state index in [4.69, 9.17) is 4.74 Å². The molecule has 3 aromatic rings. The number of carbonyl (C=O) groups is 1. The van der Waals surface area contributed by atoms with Crippen molar-refractivity contribution in [3.8, 4) is 0 Å². The van der Waals surface area contributed by atoms with Gasteiger partial charge in [0.25, 0.3) is 5.91 Å². The van der Waals surface area contributed by atoms with Crippen LogP contribution in [-0.4, -0.2) is 40.5 Å². The van der Waals surface area contributed by atoms with Crippen LogP contribution < -0.4 is 0 Å². The van der Waals surface area contributed by atoms with Gasteiger partial charge in [-0.25, -0.2) is 4.39 Å². The lowest BCUT2D eigenvalue weighted by atomic mass is 10.1. The first-order valence-corrected chi connectivity index (χ1v) is 9.20. The summed E-state index contributed by atoms with van der Waals surface area (Å²) in [5.41, 5.74) is 3.29.